The molecule has 29 heavy (non-hydrogen) atoms. The highest BCUT2D eigenvalue weighted by molar-refractivity contribution is 7.93. The van der Waals surface area contributed by atoms with Gasteiger partial charge in [-0.05, 0) is 36.4 Å². The maximum atomic E-state index is 13.6. The quantitative estimate of drug-likeness (QED) is 0.465. The molecule has 14 heteroatoms. The van der Waals surface area contributed by atoms with Gasteiger partial charge >= 0.3 is 27.4 Å². The second-order valence-electron chi connectivity index (χ2n) is 5.43. The van der Waals surface area contributed by atoms with E-state index in [4.69, 9.17) is 5.11 Å². The Balaban J connectivity index is 2.38. The van der Waals surface area contributed by atoms with Crippen molar-refractivity contribution in [2.75, 3.05) is 4.72 Å². The van der Waals surface area contributed by atoms with E-state index in [0.29, 0.717) is 0 Å². The number of hydrogen-bond donors (Lipinski definition) is 2. The van der Waals surface area contributed by atoms with Crippen molar-refractivity contribution in [3.05, 3.63) is 48.5 Å². The monoisotopic (exact) mass is 445 g/mol. The first-order valence-electron chi connectivity index (χ1n) is 7.33. The summed E-state index contributed by atoms with van der Waals surface area (Å²) in [5, 5.41) is 9.80. The molecule has 0 heterocycles. The number of phenolic OH excluding ortho intramolecular Hbond substituents is 1. The number of para-hydroxylation sites is 1. The van der Waals surface area contributed by atoms with Gasteiger partial charge < -0.3 is 5.11 Å². The van der Waals surface area contributed by atoms with Crippen LogP contribution < -0.4 is 4.72 Å². The zero-order valence-electron chi connectivity index (χ0n) is 13.8. The minimum Gasteiger partial charge on any atom is -0.508 e. The average Bonchev–Trinajstić information content (AvgIpc) is 2.61. The van der Waals surface area contributed by atoms with Gasteiger partial charge in [-0.25, -0.2) is 0 Å². The van der Waals surface area contributed by atoms with Crippen LogP contribution in [0.1, 0.15) is 0 Å². The predicted octanol–water partition coefficient (Wildman–Crippen LogP) is 5.34. The largest absolute Gasteiger partial charge is 0.508 e. The molecule has 0 radical (unpaired) electrons. The van der Waals surface area contributed by atoms with Crippen molar-refractivity contribution in [1.82, 2.24) is 0 Å². The third-order valence-electron chi connectivity index (χ3n) is 3.33. The number of hydrogen-bond acceptors (Lipinski definition) is 5. The van der Waals surface area contributed by atoms with Gasteiger partial charge in [-0.3, -0.25) is 4.72 Å². The Kier molecular flexibility index (Phi) is 5.79. The maximum Gasteiger partial charge on any atom is 0.461 e. The third kappa shape index (κ3) is 4.41. The zero-order chi connectivity index (χ0) is 22.1. The summed E-state index contributed by atoms with van der Waals surface area (Å²) < 4.78 is 114. The van der Waals surface area contributed by atoms with E-state index in [1.54, 1.807) is 0 Å². The fourth-order valence-electron chi connectivity index (χ4n) is 1.82. The number of aromatic hydroxyl groups is 1. The van der Waals surface area contributed by atoms with Gasteiger partial charge in [-0.15, -0.1) is 5.11 Å². The van der Waals surface area contributed by atoms with Crippen molar-refractivity contribution >= 4 is 27.1 Å². The van der Waals surface area contributed by atoms with Gasteiger partial charge in [0.05, 0.1) is 11.4 Å². The van der Waals surface area contributed by atoms with Crippen LogP contribution in [-0.4, -0.2) is 30.9 Å². The molecular weight excluding hydrogens is 435 g/mol. The van der Waals surface area contributed by atoms with E-state index in [1.165, 1.54) is 30.3 Å². The first-order chi connectivity index (χ1) is 13.2. The maximum absolute atomic E-state index is 13.6. The van der Waals surface area contributed by atoms with Crippen molar-refractivity contribution in [3.63, 3.8) is 0 Å². The van der Waals surface area contributed by atoms with Crippen LogP contribution in [-0.2, 0) is 10.0 Å². The van der Waals surface area contributed by atoms with Crippen molar-refractivity contribution in [2.24, 2.45) is 10.2 Å². The molecule has 158 valence electrons. The lowest BCUT2D eigenvalue weighted by atomic mass is 10.3. The lowest BCUT2D eigenvalue weighted by Crippen LogP contribution is -2.57. The van der Waals surface area contributed by atoms with E-state index in [1.807, 2.05) is 0 Å². The molecule has 0 amide bonds. The van der Waals surface area contributed by atoms with Crippen molar-refractivity contribution in [2.45, 2.75) is 17.4 Å². The number of anilines is 1. The van der Waals surface area contributed by atoms with E-state index in [-0.39, 0.29) is 11.4 Å². The molecule has 2 aromatic carbocycles. The van der Waals surface area contributed by atoms with E-state index in [9.17, 15) is 39.2 Å². The first-order valence-corrected chi connectivity index (χ1v) is 8.82. The molecule has 0 bridgehead atoms. The molecule has 0 aliphatic carbocycles. The van der Waals surface area contributed by atoms with Crippen LogP contribution in [0.2, 0.25) is 0 Å². The Labute approximate surface area is 158 Å². The summed E-state index contributed by atoms with van der Waals surface area (Å²) in [4.78, 5) is 0. The SMILES string of the molecule is O=S(=O)(Nc1ccccc1N=Nc1ccc(O)cc1)C(F)(F)C(F)(F)C(F)(F)F. The highest BCUT2D eigenvalue weighted by Gasteiger charge is 2.78. The van der Waals surface area contributed by atoms with Gasteiger partial charge in [0, 0.05) is 0 Å². The normalized spacial score (nSPS) is 13.6. The summed E-state index contributed by atoms with van der Waals surface area (Å²) in [6.07, 6.45) is -6.82. The number of rotatable bonds is 6. The first kappa shape index (κ1) is 22.4. The molecule has 2 aromatic rings. The summed E-state index contributed by atoms with van der Waals surface area (Å²) in [5.74, 6) is -6.96. The van der Waals surface area contributed by atoms with Crippen LogP contribution in [0.15, 0.2) is 58.8 Å². The molecule has 2 N–H and O–H groups in total. The Morgan fingerprint density at radius 3 is 1.93 bits per heavy atom. The summed E-state index contributed by atoms with van der Waals surface area (Å²) in [5.41, 5.74) is -1.13. The highest BCUT2D eigenvalue weighted by atomic mass is 32.2. The molecule has 0 fully saturated rings. The standard InChI is InChI=1S/C15H10F7N3O3S/c16-13(17,14(18,19)20)15(21,22)29(27,28)25-12-4-2-1-3-11(12)24-23-9-5-7-10(26)8-6-9/h1-8,25-26H. The van der Waals surface area contributed by atoms with Gasteiger partial charge in [0.1, 0.15) is 11.4 Å². The van der Waals surface area contributed by atoms with Gasteiger partial charge in [0.2, 0.25) is 0 Å². The Hall–Kier alpha value is -2.90. The van der Waals surface area contributed by atoms with Gasteiger partial charge in [-0.2, -0.15) is 44.3 Å². The second kappa shape index (κ2) is 7.50. The van der Waals surface area contributed by atoms with E-state index in [0.717, 1.165) is 22.9 Å². The molecule has 0 atom stereocenters. The molecule has 6 nitrogen and oxygen atoms in total. The predicted molar refractivity (Wildman–Crippen MR) is 87.2 cm³/mol. The minimum atomic E-state index is -6.85. The molecule has 0 spiro atoms. The van der Waals surface area contributed by atoms with E-state index in [2.05, 4.69) is 10.2 Å². The van der Waals surface area contributed by atoms with Crippen molar-refractivity contribution < 1.29 is 44.3 Å². The summed E-state index contributed by atoms with van der Waals surface area (Å²) in [6, 6.07) is 9.22. The van der Waals surface area contributed by atoms with Crippen LogP contribution >= 0.6 is 0 Å². The molecule has 0 aliphatic heterocycles. The number of halogens is 7. The number of nitrogens with one attached hydrogen (secondary N) is 1. The third-order valence-corrected chi connectivity index (χ3v) is 4.75. The number of azo groups is 1. The van der Waals surface area contributed by atoms with Crippen molar-refractivity contribution in [1.29, 1.82) is 0 Å². The molecule has 2 rings (SSSR count). The summed E-state index contributed by atoms with van der Waals surface area (Å²) >= 11 is 0. The van der Waals surface area contributed by atoms with Gasteiger partial charge in [-0.1, -0.05) is 12.1 Å². The zero-order valence-corrected chi connectivity index (χ0v) is 14.6. The fourth-order valence-corrected chi connectivity index (χ4v) is 2.86. The highest BCUT2D eigenvalue weighted by Crippen LogP contribution is 2.49. The Morgan fingerprint density at radius 2 is 1.38 bits per heavy atom. The van der Waals surface area contributed by atoms with Crippen molar-refractivity contribution in [3.8, 4) is 5.75 Å². The molecule has 0 saturated heterocycles. The number of sulfonamides is 1. The van der Waals surface area contributed by atoms with Gasteiger partial charge in [0.15, 0.2) is 0 Å². The lowest BCUT2D eigenvalue weighted by molar-refractivity contribution is -0.332. The molecule has 0 saturated carbocycles. The molecule has 0 aromatic heterocycles. The topological polar surface area (TPSA) is 91.1 Å². The molecule has 0 unspecified atom stereocenters. The van der Waals surface area contributed by atoms with Crippen LogP contribution in [0.3, 0.4) is 0 Å². The minimum absolute atomic E-state index is 0.107. The van der Waals surface area contributed by atoms with E-state index >= 15 is 0 Å². The van der Waals surface area contributed by atoms with Crippen LogP contribution in [0.5, 0.6) is 5.75 Å². The van der Waals surface area contributed by atoms with Gasteiger partial charge in [0.25, 0.3) is 0 Å². The fraction of sp³-hybridized carbons (Fsp3) is 0.200. The number of phenols is 1. The smallest absolute Gasteiger partial charge is 0.461 e. The Bertz CT molecular complexity index is 1010. The number of nitrogens with zero attached hydrogens (tertiary/aromatic N) is 2. The number of benzene rings is 2. The summed E-state index contributed by atoms with van der Waals surface area (Å²) in [6.45, 7) is 0. The van der Waals surface area contributed by atoms with Crippen LogP contribution in [0, 0.1) is 0 Å². The number of alkyl halides is 7. The van der Waals surface area contributed by atoms with E-state index < -0.39 is 38.8 Å². The van der Waals surface area contributed by atoms with Crippen LogP contribution in [0.25, 0.3) is 0 Å². The summed E-state index contributed by atoms with van der Waals surface area (Å²) in [7, 11) is -6.55. The Morgan fingerprint density at radius 1 is 0.828 bits per heavy atom. The van der Waals surface area contributed by atoms with Crippen LogP contribution in [0.4, 0.5) is 47.8 Å². The average molecular weight is 445 g/mol. The molecular formula is C15H10F7N3O3S. The lowest BCUT2D eigenvalue weighted by Gasteiger charge is -2.28. The second-order valence-corrected chi connectivity index (χ2v) is 7.15. The molecule has 0 aliphatic rings.